The first kappa shape index (κ1) is 18.9. The molecule has 1 aliphatic rings. The zero-order valence-corrected chi connectivity index (χ0v) is 15.8. The van der Waals surface area contributed by atoms with Gasteiger partial charge in [0.1, 0.15) is 5.75 Å². The van der Waals surface area contributed by atoms with Crippen LogP contribution in [0.25, 0.3) is 0 Å². The highest BCUT2D eigenvalue weighted by molar-refractivity contribution is 5.97. The third kappa shape index (κ3) is 5.08. The molecule has 0 atom stereocenters. The summed E-state index contributed by atoms with van der Waals surface area (Å²) < 4.78 is 5.20. The summed E-state index contributed by atoms with van der Waals surface area (Å²) in [4.78, 5) is 27.4. The molecule has 142 valence electrons. The van der Waals surface area contributed by atoms with E-state index in [1.807, 2.05) is 12.1 Å². The van der Waals surface area contributed by atoms with E-state index in [0.29, 0.717) is 17.8 Å². The van der Waals surface area contributed by atoms with Gasteiger partial charge in [0.25, 0.3) is 5.91 Å². The number of hydrogen-bond donors (Lipinski definition) is 2. The number of Topliss-reactive ketones (excluding diaryl/α,β-unsaturated/α-hetero) is 1. The van der Waals surface area contributed by atoms with Crippen LogP contribution in [0.4, 0.5) is 11.4 Å². The van der Waals surface area contributed by atoms with Gasteiger partial charge in [-0.1, -0.05) is 12.1 Å². The Morgan fingerprint density at radius 3 is 2.44 bits per heavy atom. The van der Waals surface area contributed by atoms with Crippen molar-refractivity contribution in [1.82, 2.24) is 0 Å². The number of nitrogens with one attached hydrogen (secondary N) is 2. The van der Waals surface area contributed by atoms with Gasteiger partial charge < -0.3 is 19.9 Å². The highest BCUT2D eigenvalue weighted by atomic mass is 16.5. The van der Waals surface area contributed by atoms with Crippen LogP contribution in [0.2, 0.25) is 0 Å². The van der Waals surface area contributed by atoms with Gasteiger partial charge in [0, 0.05) is 16.9 Å². The summed E-state index contributed by atoms with van der Waals surface area (Å²) in [6.45, 7) is 5.59. The van der Waals surface area contributed by atoms with Crippen LogP contribution in [0.5, 0.6) is 5.75 Å². The van der Waals surface area contributed by atoms with Gasteiger partial charge in [0.05, 0.1) is 33.3 Å². The average Bonchev–Trinajstić information content (AvgIpc) is 2.69. The van der Waals surface area contributed by atoms with Crippen LogP contribution in [0.1, 0.15) is 17.3 Å². The highest BCUT2D eigenvalue weighted by Crippen LogP contribution is 2.19. The van der Waals surface area contributed by atoms with Crippen LogP contribution in [0.3, 0.4) is 0 Å². The van der Waals surface area contributed by atoms with Gasteiger partial charge in [-0.2, -0.15) is 0 Å². The molecule has 3 rings (SSSR count). The van der Waals surface area contributed by atoms with Crippen LogP contribution >= 0.6 is 0 Å². The van der Waals surface area contributed by atoms with Gasteiger partial charge >= 0.3 is 0 Å². The normalized spacial score (nSPS) is 14.7. The smallest absolute Gasteiger partial charge is 0.279 e. The van der Waals surface area contributed by atoms with Crippen molar-refractivity contribution in [3.05, 3.63) is 54.1 Å². The molecular formula is C21H26N3O3+. The first-order chi connectivity index (χ1) is 13.0. The number of quaternary nitrogens is 1. The van der Waals surface area contributed by atoms with E-state index in [0.717, 1.165) is 31.9 Å². The molecule has 27 heavy (non-hydrogen) atoms. The number of carbonyl (C=O) groups is 2. The minimum Gasteiger partial charge on any atom is -0.497 e. The molecular weight excluding hydrogens is 342 g/mol. The topological polar surface area (TPSA) is 63.1 Å². The van der Waals surface area contributed by atoms with Crippen molar-refractivity contribution in [3.8, 4) is 5.75 Å². The van der Waals surface area contributed by atoms with E-state index in [2.05, 4.69) is 22.3 Å². The van der Waals surface area contributed by atoms with Crippen LogP contribution in [-0.4, -0.2) is 51.5 Å². The maximum atomic E-state index is 12.3. The maximum Gasteiger partial charge on any atom is 0.279 e. The molecule has 0 unspecified atom stereocenters. The minimum absolute atomic E-state index is 0.00798. The number of ketones is 1. The molecule has 0 spiro atoms. The first-order valence-electron chi connectivity index (χ1n) is 9.18. The van der Waals surface area contributed by atoms with Crippen molar-refractivity contribution in [2.24, 2.45) is 0 Å². The zero-order valence-electron chi connectivity index (χ0n) is 15.8. The number of hydrogen-bond acceptors (Lipinski definition) is 4. The first-order valence-corrected chi connectivity index (χ1v) is 9.18. The Morgan fingerprint density at radius 1 is 1.11 bits per heavy atom. The quantitative estimate of drug-likeness (QED) is 0.753. The second-order valence-corrected chi connectivity index (χ2v) is 6.80. The van der Waals surface area contributed by atoms with E-state index >= 15 is 0 Å². The summed E-state index contributed by atoms with van der Waals surface area (Å²) in [6, 6.07) is 15.1. The lowest BCUT2D eigenvalue weighted by atomic mass is 10.1. The Kier molecular flexibility index (Phi) is 6.08. The van der Waals surface area contributed by atoms with Gasteiger partial charge in [0.15, 0.2) is 12.3 Å². The summed E-state index contributed by atoms with van der Waals surface area (Å²) in [5.41, 5.74) is 2.46. The van der Waals surface area contributed by atoms with Gasteiger partial charge in [-0.05, 0) is 43.3 Å². The molecule has 1 aliphatic heterocycles. The van der Waals surface area contributed by atoms with Crippen LogP contribution < -0.4 is 19.9 Å². The third-order valence-electron chi connectivity index (χ3n) is 4.87. The number of benzene rings is 2. The highest BCUT2D eigenvalue weighted by Gasteiger charge is 2.22. The second-order valence-electron chi connectivity index (χ2n) is 6.80. The summed E-state index contributed by atoms with van der Waals surface area (Å²) >= 11 is 0. The lowest BCUT2D eigenvalue weighted by Crippen LogP contribution is -3.15. The molecule has 2 aromatic carbocycles. The maximum absolute atomic E-state index is 12.3. The zero-order chi connectivity index (χ0) is 19.2. The summed E-state index contributed by atoms with van der Waals surface area (Å²) in [5.74, 6) is 0.823. The number of rotatable bonds is 6. The molecule has 1 amide bonds. The molecule has 0 radical (unpaired) electrons. The van der Waals surface area contributed by atoms with E-state index in [9.17, 15) is 9.59 Å². The lowest BCUT2D eigenvalue weighted by Gasteiger charge is -2.33. The summed E-state index contributed by atoms with van der Waals surface area (Å²) in [6.07, 6.45) is 0. The molecule has 0 aromatic heterocycles. The fourth-order valence-electron chi connectivity index (χ4n) is 3.30. The Morgan fingerprint density at radius 2 is 1.81 bits per heavy atom. The molecule has 1 saturated heterocycles. The van der Waals surface area contributed by atoms with E-state index in [-0.39, 0.29) is 11.7 Å². The van der Waals surface area contributed by atoms with Crippen molar-refractivity contribution < 1.29 is 19.2 Å². The van der Waals surface area contributed by atoms with Crippen molar-refractivity contribution in [1.29, 1.82) is 0 Å². The number of anilines is 2. The minimum atomic E-state index is -0.0244. The van der Waals surface area contributed by atoms with Gasteiger partial charge in [0.2, 0.25) is 0 Å². The van der Waals surface area contributed by atoms with E-state index < -0.39 is 0 Å². The van der Waals surface area contributed by atoms with Crippen molar-refractivity contribution >= 4 is 23.1 Å². The average molecular weight is 368 g/mol. The molecule has 1 heterocycles. The van der Waals surface area contributed by atoms with Crippen molar-refractivity contribution in [3.63, 3.8) is 0 Å². The Bertz CT molecular complexity index is 797. The summed E-state index contributed by atoms with van der Waals surface area (Å²) in [5, 5.41) is 2.90. The largest absolute Gasteiger partial charge is 0.497 e. The molecule has 0 saturated carbocycles. The molecule has 0 aliphatic carbocycles. The van der Waals surface area contributed by atoms with Gasteiger partial charge in [-0.3, -0.25) is 9.59 Å². The Hall–Kier alpha value is -2.86. The molecule has 2 N–H and O–H groups in total. The van der Waals surface area contributed by atoms with Gasteiger partial charge in [-0.25, -0.2) is 0 Å². The number of methoxy groups -OCH3 is 1. The number of carbonyl (C=O) groups excluding carboxylic acids is 2. The van der Waals surface area contributed by atoms with E-state index in [1.54, 1.807) is 31.4 Å². The summed E-state index contributed by atoms with van der Waals surface area (Å²) in [7, 11) is 1.67. The van der Waals surface area contributed by atoms with E-state index in [1.165, 1.54) is 17.5 Å². The fourth-order valence-corrected chi connectivity index (χ4v) is 3.30. The lowest BCUT2D eigenvalue weighted by molar-refractivity contribution is -0.892. The number of amides is 1. The van der Waals surface area contributed by atoms with Crippen molar-refractivity contribution in [2.45, 2.75) is 6.92 Å². The number of ether oxygens (including phenoxy) is 1. The van der Waals surface area contributed by atoms with Crippen LogP contribution in [0, 0.1) is 0 Å². The molecule has 1 fully saturated rings. The fraction of sp³-hybridized carbons (Fsp3) is 0.333. The third-order valence-corrected chi connectivity index (χ3v) is 4.87. The Labute approximate surface area is 159 Å². The Balaban J connectivity index is 1.49. The predicted octanol–water partition coefficient (Wildman–Crippen LogP) is 1.24. The van der Waals surface area contributed by atoms with Crippen LogP contribution in [0.15, 0.2) is 48.5 Å². The number of piperazine rings is 1. The standard InChI is InChI=1S/C21H25N3O3/c1-16(25)17-4-3-5-18(14-17)22-21(26)15-23-10-12-24(13-11-23)19-6-8-20(27-2)9-7-19/h3-9,14H,10-13,15H2,1-2H3,(H,22,26)/p+1. The molecule has 6 nitrogen and oxygen atoms in total. The monoisotopic (exact) mass is 368 g/mol. The van der Waals surface area contributed by atoms with Crippen LogP contribution in [-0.2, 0) is 4.79 Å². The molecule has 6 heteroatoms. The molecule has 2 aromatic rings. The van der Waals surface area contributed by atoms with Gasteiger partial charge in [-0.15, -0.1) is 0 Å². The number of nitrogens with zero attached hydrogens (tertiary/aromatic N) is 1. The SMILES string of the molecule is COc1ccc(N2CC[NH+](CC(=O)Nc3cccc(C(C)=O)c3)CC2)cc1. The molecule has 0 bridgehead atoms. The van der Waals surface area contributed by atoms with E-state index in [4.69, 9.17) is 4.74 Å². The predicted molar refractivity (Wildman–Crippen MR) is 106 cm³/mol. The van der Waals surface area contributed by atoms with Crippen molar-refractivity contribution in [2.75, 3.05) is 50.1 Å². The second kappa shape index (κ2) is 8.68.